The van der Waals surface area contributed by atoms with E-state index in [-0.39, 0.29) is 49.7 Å². The van der Waals surface area contributed by atoms with Crippen molar-refractivity contribution in [1.82, 2.24) is 0 Å². The second-order valence-corrected chi connectivity index (χ2v) is 6.25. The summed E-state index contributed by atoms with van der Waals surface area (Å²) >= 11 is 0. The van der Waals surface area contributed by atoms with Crippen LogP contribution < -0.4 is 0 Å². The van der Waals surface area contributed by atoms with E-state index in [1.807, 2.05) is 0 Å². The van der Waals surface area contributed by atoms with E-state index >= 15 is 0 Å². The lowest BCUT2D eigenvalue weighted by Crippen LogP contribution is -2.31. The predicted octanol–water partition coefficient (Wildman–Crippen LogP) is 1.32. The van der Waals surface area contributed by atoms with Gasteiger partial charge in [0.1, 0.15) is 0 Å². The van der Waals surface area contributed by atoms with Gasteiger partial charge in [-0.2, -0.15) is 0 Å². The van der Waals surface area contributed by atoms with Crippen LogP contribution in [0.25, 0.3) is 0 Å². The molecule has 0 aromatic heterocycles. The van der Waals surface area contributed by atoms with Crippen molar-refractivity contribution < 1.29 is 38.9 Å². The summed E-state index contributed by atoms with van der Waals surface area (Å²) in [5, 5.41) is 17.9. The van der Waals surface area contributed by atoms with E-state index in [9.17, 15) is 19.2 Å². The number of ether oxygens (including phenoxy) is 2. The summed E-state index contributed by atoms with van der Waals surface area (Å²) in [7, 11) is 0. The standard InChI is InChI=1S/C16H24O8/c17-9-23-7-14(8-24-10-18)12-3-1-11(2-4-12)13(5-15(19)20)6-16(21)22/h9-14H,1-8H2,(H,19,20)(H,21,22). The van der Waals surface area contributed by atoms with Gasteiger partial charge < -0.3 is 19.7 Å². The molecule has 0 aromatic rings. The van der Waals surface area contributed by atoms with Crippen LogP contribution in [0.15, 0.2) is 0 Å². The van der Waals surface area contributed by atoms with Gasteiger partial charge in [0, 0.05) is 18.8 Å². The summed E-state index contributed by atoms with van der Waals surface area (Å²) < 4.78 is 9.59. The lowest BCUT2D eigenvalue weighted by atomic mass is 9.70. The summed E-state index contributed by atoms with van der Waals surface area (Å²) in [4.78, 5) is 42.6. The van der Waals surface area contributed by atoms with Crippen molar-refractivity contribution in [1.29, 1.82) is 0 Å². The molecule has 0 spiro atoms. The van der Waals surface area contributed by atoms with E-state index in [1.165, 1.54) is 0 Å². The molecule has 0 heterocycles. The number of aliphatic carboxylic acids is 2. The molecule has 0 bridgehead atoms. The number of hydrogen-bond donors (Lipinski definition) is 2. The smallest absolute Gasteiger partial charge is 0.303 e. The molecule has 8 nitrogen and oxygen atoms in total. The van der Waals surface area contributed by atoms with Gasteiger partial charge in [-0.05, 0) is 43.4 Å². The maximum atomic E-state index is 11.0. The molecule has 1 aliphatic carbocycles. The molecule has 0 unspecified atom stereocenters. The molecule has 1 rings (SSSR count). The van der Waals surface area contributed by atoms with Gasteiger partial charge >= 0.3 is 11.9 Å². The minimum Gasteiger partial charge on any atom is -0.481 e. The number of carboxylic acid groups (broad SMARTS) is 2. The number of carboxylic acids is 2. The number of carbonyl (C=O) groups is 4. The van der Waals surface area contributed by atoms with Gasteiger partial charge in [0.15, 0.2) is 0 Å². The molecule has 0 saturated heterocycles. The number of rotatable bonds is 12. The van der Waals surface area contributed by atoms with E-state index in [0.717, 1.165) is 12.8 Å². The molecule has 0 amide bonds. The first-order chi connectivity index (χ1) is 11.5. The normalized spacial score (nSPS) is 20.6. The van der Waals surface area contributed by atoms with Crippen molar-refractivity contribution in [2.75, 3.05) is 13.2 Å². The maximum absolute atomic E-state index is 11.0. The Hall–Kier alpha value is -2.12. The van der Waals surface area contributed by atoms with Crippen molar-refractivity contribution in [3.05, 3.63) is 0 Å². The molecule has 0 aromatic carbocycles. The van der Waals surface area contributed by atoms with E-state index in [4.69, 9.17) is 19.7 Å². The third-order valence-electron chi connectivity index (χ3n) is 4.78. The first kappa shape index (κ1) is 19.9. The molecule has 136 valence electrons. The fraction of sp³-hybridized carbons (Fsp3) is 0.750. The van der Waals surface area contributed by atoms with Crippen molar-refractivity contribution in [3.8, 4) is 0 Å². The van der Waals surface area contributed by atoms with Gasteiger partial charge in [0.2, 0.25) is 0 Å². The Morgan fingerprint density at radius 1 is 0.833 bits per heavy atom. The highest BCUT2D eigenvalue weighted by Gasteiger charge is 2.33. The molecule has 1 saturated carbocycles. The summed E-state index contributed by atoms with van der Waals surface area (Å²) in [6.45, 7) is 1.05. The second-order valence-electron chi connectivity index (χ2n) is 6.25. The SMILES string of the molecule is O=COCC(COC=O)C1CCC(C(CC(=O)O)CC(=O)O)CC1. The Bertz CT molecular complexity index is 400. The van der Waals surface area contributed by atoms with Crippen molar-refractivity contribution in [3.63, 3.8) is 0 Å². The molecule has 24 heavy (non-hydrogen) atoms. The zero-order valence-corrected chi connectivity index (χ0v) is 13.5. The zero-order valence-electron chi connectivity index (χ0n) is 13.5. The molecule has 2 N–H and O–H groups in total. The lowest BCUT2D eigenvalue weighted by Gasteiger charge is -2.35. The van der Waals surface area contributed by atoms with Crippen molar-refractivity contribution in [2.24, 2.45) is 23.7 Å². The van der Waals surface area contributed by atoms with Gasteiger partial charge in [0.25, 0.3) is 12.9 Å². The third-order valence-corrected chi connectivity index (χ3v) is 4.78. The topological polar surface area (TPSA) is 127 Å². The fourth-order valence-corrected chi connectivity index (χ4v) is 3.59. The highest BCUT2D eigenvalue weighted by atomic mass is 16.5. The van der Waals surface area contributed by atoms with E-state index in [1.54, 1.807) is 0 Å². The Balaban J connectivity index is 2.59. The van der Waals surface area contributed by atoms with Crippen LogP contribution >= 0.6 is 0 Å². The van der Waals surface area contributed by atoms with Crippen molar-refractivity contribution >= 4 is 24.9 Å². The molecular formula is C16H24O8. The Morgan fingerprint density at radius 2 is 1.21 bits per heavy atom. The Labute approximate surface area is 140 Å². The highest BCUT2D eigenvalue weighted by molar-refractivity contribution is 5.70. The van der Waals surface area contributed by atoms with Gasteiger partial charge in [-0.25, -0.2) is 0 Å². The number of carbonyl (C=O) groups excluding carboxylic acids is 2. The third kappa shape index (κ3) is 6.97. The van der Waals surface area contributed by atoms with Crippen LogP contribution in [0, 0.1) is 23.7 Å². The molecule has 1 aliphatic rings. The quantitative estimate of drug-likeness (QED) is 0.507. The van der Waals surface area contributed by atoms with Crippen LogP contribution in [0.4, 0.5) is 0 Å². The first-order valence-electron chi connectivity index (χ1n) is 8.02. The summed E-state index contributed by atoms with van der Waals surface area (Å²) in [5.74, 6) is -2.21. The molecular weight excluding hydrogens is 320 g/mol. The second kappa shape index (κ2) is 10.6. The minimum atomic E-state index is -0.986. The van der Waals surface area contributed by atoms with Crippen LogP contribution in [-0.2, 0) is 28.7 Å². The van der Waals surface area contributed by atoms with Crippen molar-refractivity contribution in [2.45, 2.75) is 38.5 Å². The summed E-state index contributed by atoms with van der Waals surface area (Å²) in [6, 6.07) is 0. The van der Waals surface area contributed by atoms with Gasteiger partial charge in [-0.15, -0.1) is 0 Å². The van der Waals surface area contributed by atoms with Crippen LogP contribution in [0.2, 0.25) is 0 Å². The molecule has 8 heteroatoms. The van der Waals surface area contributed by atoms with Crippen LogP contribution in [0.1, 0.15) is 38.5 Å². The van der Waals surface area contributed by atoms with Gasteiger partial charge in [-0.3, -0.25) is 19.2 Å². The largest absolute Gasteiger partial charge is 0.481 e. The average Bonchev–Trinajstić information content (AvgIpc) is 2.54. The predicted molar refractivity (Wildman–Crippen MR) is 81.0 cm³/mol. The van der Waals surface area contributed by atoms with Crippen LogP contribution in [0.3, 0.4) is 0 Å². The average molecular weight is 344 g/mol. The maximum Gasteiger partial charge on any atom is 0.303 e. The molecule has 0 aliphatic heterocycles. The fourth-order valence-electron chi connectivity index (χ4n) is 3.59. The monoisotopic (exact) mass is 344 g/mol. The van der Waals surface area contributed by atoms with E-state index < -0.39 is 11.9 Å². The first-order valence-corrected chi connectivity index (χ1v) is 8.02. The van der Waals surface area contributed by atoms with Gasteiger partial charge in [-0.1, -0.05) is 0 Å². The summed E-state index contributed by atoms with van der Waals surface area (Å²) in [6.07, 6.45) is 2.66. The highest BCUT2D eigenvalue weighted by Crippen LogP contribution is 2.39. The van der Waals surface area contributed by atoms with Crippen LogP contribution in [0.5, 0.6) is 0 Å². The molecule has 0 radical (unpaired) electrons. The van der Waals surface area contributed by atoms with Crippen LogP contribution in [-0.4, -0.2) is 48.3 Å². The number of hydrogen-bond acceptors (Lipinski definition) is 6. The van der Waals surface area contributed by atoms with E-state index in [0.29, 0.717) is 25.8 Å². The summed E-state index contributed by atoms with van der Waals surface area (Å²) in [5.41, 5.74) is 0. The van der Waals surface area contributed by atoms with E-state index in [2.05, 4.69) is 0 Å². The lowest BCUT2D eigenvalue weighted by molar-refractivity contribution is -0.141. The van der Waals surface area contributed by atoms with Gasteiger partial charge in [0.05, 0.1) is 13.2 Å². The molecule has 0 atom stereocenters. The minimum absolute atomic E-state index is 0.0491. The Morgan fingerprint density at radius 3 is 1.54 bits per heavy atom. The Kier molecular flexibility index (Phi) is 8.81. The molecule has 1 fully saturated rings. The zero-order chi connectivity index (χ0) is 17.9.